The number of nitrogens with two attached hydrogens (primary N) is 2. The van der Waals surface area contributed by atoms with Gasteiger partial charge in [0.15, 0.2) is 0 Å². The first-order valence-electron chi connectivity index (χ1n) is 7.19. The highest BCUT2D eigenvalue weighted by molar-refractivity contribution is 5.91. The largest absolute Gasteiger partial charge is 0.480 e. The molecule has 0 bridgehead atoms. The van der Waals surface area contributed by atoms with E-state index in [1.54, 1.807) is 0 Å². The fraction of sp³-hybridized carbons (Fsp3) is 0.692. The third-order valence-corrected chi connectivity index (χ3v) is 3.25. The normalized spacial score (nSPS) is 17.0. The number of carboxylic acid groups (broad SMARTS) is 2. The Hall–Kier alpha value is -2.27. The van der Waals surface area contributed by atoms with Crippen LogP contribution in [-0.2, 0) is 19.2 Å². The summed E-state index contributed by atoms with van der Waals surface area (Å²) >= 11 is 0. The zero-order valence-electron chi connectivity index (χ0n) is 13.4. The van der Waals surface area contributed by atoms with Crippen LogP contribution in [0.2, 0.25) is 0 Å². The highest BCUT2D eigenvalue weighted by atomic mass is 19.1. The Morgan fingerprint density at radius 1 is 0.917 bits per heavy atom. The van der Waals surface area contributed by atoms with E-state index in [0.29, 0.717) is 0 Å². The molecule has 0 saturated heterocycles. The van der Waals surface area contributed by atoms with E-state index in [4.69, 9.17) is 21.7 Å². The van der Waals surface area contributed by atoms with Gasteiger partial charge in [-0.2, -0.15) is 0 Å². The number of amides is 2. The van der Waals surface area contributed by atoms with E-state index < -0.39 is 54.1 Å². The number of carboxylic acids is 2. The first-order valence-corrected chi connectivity index (χ1v) is 7.19. The molecule has 0 heterocycles. The van der Waals surface area contributed by atoms with Gasteiger partial charge in [0.2, 0.25) is 11.8 Å². The van der Waals surface area contributed by atoms with Crippen molar-refractivity contribution in [3.05, 3.63) is 0 Å². The third-order valence-electron chi connectivity index (χ3n) is 3.25. The lowest BCUT2D eigenvalue weighted by molar-refractivity contribution is -0.141. The van der Waals surface area contributed by atoms with Crippen molar-refractivity contribution in [3.8, 4) is 0 Å². The van der Waals surface area contributed by atoms with Crippen molar-refractivity contribution >= 4 is 23.8 Å². The second kappa shape index (κ2) is 9.78. The van der Waals surface area contributed by atoms with Crippen molar-refractivity contribution in [3.63, 3.8) is 0 Å². The van der Waals surface area contributed by atoms with Gasteiger partial charge in [0.25, 0.3) is 0 Å². The quantitative estimate of drug-likeness (QED) is 0.259. The van der Waals surface area contributed by atoms with E-state index in [1.165, 1.54) is 13.8 Å². The predicted octanol–water partition coefficient (Wildman–Crippen LogP) is -2.06. The number of aliphatic carboxylic acids is 2. The van der Waals surface area contributed by atoms with Gasteiger partial charge in [-0.15, -0.1) is 0 Å². The fourth-order valence-corrected chi connectivity index (χ4v) is 1.59. The molecule has 10 nitrogen and oxygen atoms in total. The first kappa shape index (κ1) is 21.7. The molecule has 5 atom stereocenters. The van der Waals surface area contributed by atoms with E-state index in [0.717, 1.165) is 0 Å². The van der Waals surface area contributed by atoms with Gasteiger partial charge in [0.05, 0.1) is 6.04 Å². The van der Waals surface area contributed by atoms with Gasteiger partial charge in [-0.05, 0) is 26.7 Å². The standard InChI is InChI=1S/C13H23FN4O6/c1-5(10(19)18-6(2)12(21)22)17-11(20)8(15)4-3-7(14)9(16)13(23)24/h5-9H,3-4,15-16H2,1-2H3,(H,17,20)(H,18,19)(H,21,22)(H,23,24)/t5-,6-,7?,8-,9?/m0/s1. The lowest BCUT2D eigenvalue weighted by Gasteiger charge is -2.19. The molecule has 24 heavy (non-hydrogen) atoms. The number of hydrogen-bond donors (Lipinski definition) is 6. The number of rotatable bonds is 10. The molecule has 0 rings (SSSR count). The highest BCUT2D eigenvalue weighted by Crippen LogP contribution is 2.08. The molecule has 2 unspecified atom stereocenters. The summed E-state index contributed by atoms with van der Waals surface area (Å²) in [6.45, 7) is 2.58. The van der Waals surface area contributed by atoms with Gasteiger partial charge in [-0.3, -0.25) is 19.2 Å². The molecule has 0 aromatic rings. The summed E-state index contributed by atoms with van der Waals surface area (Å²) in [5.74, 6) is -4.21. The summed E-state index contributed by atoms with van der Waals surface area (Å²) in [7, 11) is 0. The SMILES string of the molecule is C[C@H](NC(=O)[C@H](C)NC(=O)[C@@H](N)CCC(F)C(N)C(=O)O)C(=O)O. The zero-order chi connectivity index (χ0) is 19.0. The van der Waals surface area contributed by atoms with Gasteiger partial charge in [-0.25, -0.2) is 4.39 Å². The number of carbonyl (C=O) groups excluding carboxylic acids is 2. The van der Waals surface area contributed by atoms with E-state index in [1.807, 2.05) is 0 Å². The molecule has 0 radical (unpaired) electrons. The fourth-order valence-electron chi connectivity index (χ4n) is 1.59. The van der Waals surface area contributed by atoms with Crippen LogP contribution in [0.5, 0.6) is 0 Å². The molecular formula is C13H23FN4O6. The topological polar surface area (TPSA) is 185 Å². The van der Waals surface area contributed by atoms with Crippen LogP contribution in [0.4, 0.5) is 4.39 Å². The summed E-state index contributed by atoms with van der Waals surface area (Å²) in [4.78, 5) is 44.6. The van der Waals surface area contributed by atoms with Crippen molar-refractivity contribution in [1.29, 1.82) is 0 Å². The Kier molecular flexibility index (Phi) is 8.85. The van der Waals surface area contributed by atoms with Crippen LogP contribution in [0.15, 0.2) is 0 Å². The van der Waals surface area contributed by atoms with Gasteiger partial charge in [0.1, 0.15) is 24.3 Å². The van der Waals surface area contributed by atoms with E-state index >= 15 is 0 Å². The molecule has 8 N–H and O–H groups in total. The molecule has 2 amide bonds. The Bertz CT molecular complexity index is 489. The van der Waals surface area contributed by atoms with Gasteiger partial charge < -0.3 is 32.3 Å². The molecule has 0 saturated carbocycles. The van der Waals surface area contributed by atoms with E-state index in [9.17, 15) is 23.6 Å². The Morgan fingerprint density at radius 3 is 1.88 bits per heavy atom. The summed E-state index contributed by atoms with van der Waals surface area (Å²) in [6, 6.07) is -5.05. The minimum Gasteiger partial charge on any atom is -0.480 e. The van der Waals surface area contributed by atoms with Crippen LogP contribution in [0.3, 0.4) is 0 Å². The maximum Gasteiger partial charge on any atom is 0.325 e. The molecule has 0 aromatic carbocycles. The predicted molar refractivity (Wildman–Crippen MR) is 80.6 cm³/mol. The second-order valence-electron chi connectivity index (χ2n) is 5.36. The smallest absolute Gasteiger partial charge is 0.325 e. The van der Waals surface area contributed by atoms with Crippen LogP contribution in [0.25, 0.3) is 0 Å². The van der Waals surface area contributed by atoms with Gasteiger partial charge in [-0.1, -0.05) is 0 Å². The molecule has 0 spiro atoms. The van der Waals surface area contributed by atoms with Crippen molar-refractivity contribution in [2.24, 2.45) is 11.5 Å². The molecule has 0 aliphatic rings. The van der Waals surface area contributed by atoms with Gasteiger partial charge >= 0.3 is 11.9 Å². The molecule has 138 valence electrons. The molecule has 11 heteroatoms. The van der Waals surface area contributed by atoms with Crippen LogP contribution in [0, 0.1) is 0 Å². The Balaban J connectivity index is 4.37. The van der Waals surface area contributed by atoms with Crippen molar-refractivity contribution in [2.45, 2.75) is 57.0 Å². The lowest BCUT2D eigenvalue weighted by Crippen LogP contribution is -2.52. The minimum atomic E-state index is -1.86. The van der Waals surface area contributed by atoms with Crippen molar-refractivity contribution < 1.29 is 33.8 Å². The highest BCUT2D eigenvalue weighted by Gasteiger charge is 2.27. The zero-order valence-corrected chi connectivity index (χ0v) is 13.4. The van der Waals surface area contributed by atoms with Crippen molar-refractivity contribution in [1.82, 2.24) is 10.6 Å². The minimum absolute atomic E-state index is 0.173. The average Bonchev–Trinajstić information content (AvgIpc) is 2.50. The van der Waals surface area contributed by atoms with Crippen LogP contribution in [-0.4, -0.2) is 64.3 Å². The summed E-state index contributed by atoms with van der Waals surface area (Å²) < 4.78 is 13.5. The monoisotopic (exact) mass is 350 g/mol. The van der Waals surface area contributed by atoms with E-state index in [2.05, 4.69) is 10.6 Å². The Labute approximate surface area is 137 Å². The summed E-state index contributed by atoms with van der Waals surface area (Å²) in [5, 5.41) is 21.7. The molecule has 0 aromatic heterocycles. The van der Waals surface area contributed by atoms with Crippen LogP contribution >= 0.6 is 0 Å². The summed E-state index contributed by atoms with van der Waals surface area (Å²) in [5.41, 5.74) is 10.6. The van der Waals surface area contributed by atoms with Crippen LogP contribution in [0.1, 0.15) is 26.7 Å². The first-order chi connectivity index (χ1) is 11.0. The number of hydrogen-bond acceptors (Lipinski definition) is 6. The molecular weight excluding hydrogens is 327 g/mol. The number of nitrogens with one attached hydrogen (secondary N) is 2. The van der Waals surface area contributed by atoms with Gasteiger partial charge in [0, 0.05) is 0 Å². The molecule has 0 fully saturated rings. The summed E-state index contributed by atoms with van der Waals surface area (Å²) in [6.07, 6.45) is -2.37. The maximum atomic E-state index is 13.5. The molecule has 0 aliphatic carbocycles. The van der Waals surface area contributed by atoms with Crippen molar-refractivity contribution in [2.75, 3.05) is 0 Å². The van der Waals surface area contributed by atoms with Crippen LogP contribution < -0.4 is 22.1 Å². The maximum absolute atomic E-state index is 13.5. The Morgan fingerprint density at radius 2 is 1.42 bits per heavy atom. The number of halogens is 1. The molecule has 0 aliphatic heterocycles. The van der Waals surface area contributed by atoms with E-state index in [-0.39, 0.29) is 12.8 Å². The second-order valence-corrected chi connectivity index (χ2v) is 5.36. The number of carbonyl (C=O) groups is 4. The lowest BCUT2D eigenvalue weighted by atomic mass is 10.0. The average molecular weight is 350 g/mol. The third kappa shape index (κ3) is 7.33. The number of alkyl halides is 1.